The van der Waals surface area contributed by atoms with E-state index in [1.54, 1.807) is 36.1 Å². The first-order chi connectivity index (χ1) is 18.9. The summed E-state index contributed by atoms with van der Waals surface area (Å²) in [5, 5.41) is 12.4. The number of carbonyl (C=O) groups is 2. The number of aromatic carboxylic acids is 1. The van der Waals surface area contributed by atoms with Gasteiger partial charge in [-0.05, 0) is 68.4 Å². The summed E-state index contributed by atoms with van der Waals surface area (Å²) in [6.45, 7) is 5.70. The lowest BCUT2D eigenvalue weighted by molar-refractivity contribution is -0.0523. The molecule has 1 fully saturated rings. The number of unbranched alkanes of at least 4 members (excludes halogenated alkanes) is 4. The standard InChI is InChI=1S/C31H43FN2O5/c1-3-4-5-6-7-17-34(31(37)33-26-14-9-13-25(32)20-26)18-19-38-27-15-10-16-28(21-27)39-22-24-12-8-11-23(2)29(24)30(35)36/h8-9,11-14,20,27-28H,3-7,10,15-19,21-22H2,1-2H3,(H,33,37)(H,35,36)/t27-,28?/m0/s1. The van der Waals surface area contributed by atoms with Crippen molar-refractivity contribution in [2.24, 2.45) is 0 Å². The van der Waals surface area contributed by atoms with Crippen molar-refractivity contribution < 1.29 is 28.6 Å². The molecule has 2 atom stereocenters. The number of amides is 2. The van der Waals surface area contributed by atoms with Crippen LogP contribution in [0, 0.1) is 12.7 Å². The monoisotopic (exact) mass is 542 g/mol. The largest absolute Gasteiger partial charge is 0.478 e. The van der Waals surface area contributed by atoms with E-state index < -0.39 is 11.8 Å². The molecule has 1 aliphatic rings. The Kier molecular flexibility index (Phi) is 12.7. The van der Waals surface area contributed by atoms with Gasteiger partial charge in [-0.3, -0.25) is 0 Å². The number of ether oxygens (including phenoxy) is 2. The highest BCUT2D eigenvalue weighted by Gasteiger charge is 2.24. The van der Waals surface area contributed by atoms with E-state index >= 15 is 0 Å². The van der Waals surface area contributed by atoms with Crippen molar-refractivity contribution in [3.63, 3.8) is 0 Å². The number of anilines is 1. The lowest BCUT2D eigenvalue weighted by atomic mass is 9.94. The Morgan fingerprint density at radius 3 is 2.51 bits per heavy atom. The highest BCUT2D eigenvalue weighted by atomic mass is 19.1. The zero-order valence-corrected chi connectivity index (χ0v) is 23.3. The van der Waals surface area contributed by atoms with Gasteiger partial charge in [-0.15, -0.1) is 0 Å². The molecule has 0 radical (unpaired) electrons. The molecule has 0 aromatic heterocycles. The van der Waals surface area contributed by atoms with Crippen LogP contribution in [-0.2, 0) is 16.1 Å². The molecular weight excluding hydrogens is 499 g/mol. The molecule has 0 aliphatic heterocycles. The molecule has 8 heteroatoms. The van der Waals surface area contributed by atoms with Crippen molar-refractivity contribution in [1.29, 1.82) is 0 Å². The number of rotatable bonds is 15. The SMILES string of the molecule is CCCCCCCN(CCO[C@H]1CCCC(OCc2cccc(C)c2C(=O)O)C1)C(=O)Nc1cccc(F)c1. The van der Waals surface area contributed by atoms with Gasteiger partial charge in [0, 0.05) is 18.8 Å². The molecule has 0 heterocycles. The van der Waals surface area contributed by atoms with E-state index in [2.05, 4.69) is 12.2 Å². The van der Waals surface area contributed by atoms with Crippen LogP contribution in [0.15, 0.2) is 42.5 Å². The third kappa shape index (κ3) is 10.3. The van der Waals surface area contributed by atoms with Crippen molar-refractivity contribution in [2.75, 3.05) is 25.0 Å². The maximum atomic E-state index is 13.6. The minimum atomic E-state index is -0.937. The molecule has 1 unspecified atom stereocenters. The Labute approximate surface area is 231 Å². The number of halogens is 1. The number of carboxylic acid groups (broad SMARTS) is 1. The topological polar surface area (TPSA) is 88.1 Å². The zero-order chi connectivity index (χ0) is 28.0. The molecule has 2 N–H and O–H groups in total. The van der Waals surface area contributed by atoms with Crippen LogP contribution in [0.2, 0.25) is 0 Å². The first-order valence-electron chi connectivity index (χ1n) is 14.2. The molecule has 0 saturated heterocycles. The molecular formula is C31H43FN2O5. The molecule has 2 amide bonds. The fraction of sp³-hybridized carbons (Fsp3) is 0.548. The van der Waals surface area contributed by atoms with Gasteiger partial charge in [-0.1, -0.05) is 56.9 Å². The van der Waals surface area contributed by atoms with E-state index in [9.17, 15) is 19.1 Å². The Morgan fingerprint density at radius 2 is 1.77 bits per heavy atom. The maximum Gasteiger partial charge on any atom is 0.336 e. The molecule has 3 rings (SSSR count). The molecule has 0 bridgehead atoms. The number of carbonyl (C=O) groups excluding carboxylic acids is 1. The summed E-state index contributed by atoms with van der Waals surface area (Å²) in [6, 6.07) is 11.1. The number of urea groups is 1. The van der Waals surface area contributed by atoms with Gasteiger partial charge < -0.3 is 24.8 Å². The van der Waals surface area contributed by atoms with Gasteiger partial charge in [-0.2, -0.15) is 0 Å². The van der Waals surface area contributed by atoms with E-state index in [4.69, 9.17) is 9.47 Å². The lowest BCUT2D eigenvalue weighted by Gasteiger charge is -2.30. The number of nitrogens with one attached hydrogen (secondary N) is 1. The fourth-order valence-electron chi connectivity index (χ4n) is 5.09. The molecule has 0 spiro atoms. The molecule has 39 heavy (non-hydrogen) atoms. The number of benzene rings is 2. The van der Waals surface area contributed by atoms with E-state index in [1.165, 1.54) is 18.6 Å². The van der Waals surface area contributed by atoms with E-state index in [0.717, 1.165) is 56.9 Å². The Bertz CT molecular complexity index is 1060. The van der Waals surface area contributed by atoms with Gasteiger partial charge in [0.15, 0.2) is 0 Å². The summed E-state index contributed by atoms with van der Waals surface area (Å²) in [5.74, 6) is -1.33. The molecule has 2 aromatic carbocycles. The van der Waals surface area contributed by atoms with E-state index in [-0.39, 0.29) is 24.8 Å². The number of hydrogen-bond acceptors (Lipinski definition) is 4. The summed E-state index contributed by atoms with van der Waals surface area (Å²) in [4.78, 5) is 26.4. The third-order valence-electron chi connectivity index (χ3n) is 7.23. The molecule has 2 aromatic rings. The van der Waals surface area contributed by atoms with Crippen LogP contribution in [0.5, 0.6) is 0 Å². The minimum Gasteiger partial charge on any atom is -0.478 e. The van der Waals surface area contributed by atoms with Crippen molar-refractivity contribution in [3.8, 4) is 0 Å². The summed E-state index contributed by atoms with van der Waals surface area (Å²) >= 11 is 0. The summed E-state index contributed by atoms with van der Waals surface area (Å²) in [6.07, 6.45) is 9.03. The minimum absolute atomic E-state index is 0.00292. The van der Waals surface area contributed by atoms with Crippen LogP contribution in [0.25, 0.3) is 0 Å². The van der Waals surface area contributed by atoms with Gasteiger partial charge in [0.1, 0.15) is 5.82 Å². The summed E-state index contributed by atoms with van der Waals surface area (Å²) < 4.78 is 25.9. The highest BCUT2D eigenvalue weighted by molar-refractivity contribution is 5.91. The van der Waals surface area contributed by atoms with Gasteiger partial charge >= 0.3 is 12.0 Å². The van der Waals surface area contributed by atoms with E-state index in [1.807, 2.05) is 6.07 Å². The second-order valence-corrected chi connectivity index (χ2v) is 10.3. The third-order valence-corrected chi connectivity index (χ3v) is 7.23. The number of nitrogens with zero attached hydrogens (tertiary/aromatic N) is 1. The van der Waals surface area contributed by atoms with Gasteiger partial charge in [0.2, 0.25) is 0 Å². The molecule has 1 saturated carbocycles. The first kappa shape index (κ1) is 30.6. The normalized spacial score (nSPS) is 17.1. The predicted molar refractivity (Wildman–Crippen MR) is 151 cm³/mol. The molecule has 7 nitrogen and oxygen atoms in total. The van der Waals surface area contributed by atoms with Crippen LogP contribution in [0.3, 0.4) is 0 Å². The van der Waals surface area contributed by atoms with Crippen molar-refractivity contribution in [2.45, 2.75) is 90.4 Å². The van der Waals surface area contributed by atoms with Gasteiger partial charge in [0.25, 0.3) is 0 Å². The highest BCUT2D eigenvalue weighted by Crippen LogP contribution is 2.25. The average Bonchev–Trinajstić information content (AvgIpc) is 2.90. The first-order valence-corrected chi connectivity index (χ1v) is 14.2. The summed E-state index contributed by atoms with van der Waals surface area (Å²) in [7, 11) is 0. The zero-order valence-electron chi connectivity index (χ0n) is 23.3. The maximum absolute atomic E-state index is 13.6. The predicted octanol–water partition coefficient (Wildman–Crippen LogP) is 7.18. The second kappa shape index (κ2) is 16.2. The molecule has 1 aliphatic carbocycles. The van der Waals surface area contributed by atoms with Gasteiger partial charge in [0.05, 0.1) is 31.0 Å². The quantitative estimate of drug-likeness (QED) is 0.233. The van der Waals surface area contributed by atoms with Crippen LogP contribution in [0.1, 0.15) is 86.2 Å². The van der Waals surface area contributed by atoms with Crippen LogP contribution in [0.4, 0.5) is 14.9 Å². The lowest BCUT2D eigenvalue weighted by Crippen LogP contribution is -2.39. The van der Waals surface area contributed by atoms with Crippen LogP contribution < -0.4 is 5.32 Å². The van der Waals surface area contributed by atoms with Crippen molar-refractivity contribution in [1.82, 2.24) is 4.90 Å². The Hall–Kier alpha value is -2.97. The molecule has 214 valence electrons. The smallest absolute Gasteiger partial charge is 0.336 e. The number of hydrogen-bond donors (Lipinski definition) is 2. The van der Waals surface area contributed by atoms with Crippen molar-refractivity contribution >= 4 is 17.7 Å². The van der Waals surface area contributed by atoms with E-state index in [0.29, 0.717) is 36.5 Å². The van der Waals surface area contributed by atoms with Crippen molar-refractivity contribution in [3.05, 3.63) is 65.0 Å². The van der Waals surface area contributed by atoms with Crippen LogP contribution >= 0.6 is 0 Å². The summed E-state index contributed by atoms with van der Waals surface area (Å²) in [5.41, 5.74) is 2.16. The fourth-order valence-corrected chi connectivity index (χ4v) is 5.09. The Balaban J connectivity index is 1.49. The number of carboxylic acids is 1. The van der Waals surface area contributed by atoms with Gasteiger partial charge in [-0.25, -0.2) is 14.0 Å². The number of aryl methyl sites for hydroxylation is 1. The Morgan fingerprint density at radius 1 is 1.03 bits per heavy atom. The van der Waals surface area contributed by atoms with Crippen LogP contribution in [-0.4, -0.2) is 53.9 Å². The average molecular weight is 543 g/mol. The second-order valence-electron chi connectivity index (χ2n) is 10.3.